The Kier molecular flexibility index (Phi) is 4.02. The summed E-state index contributed by atoms with van der Waals surface area (Å²) in [7, 11) is -2.03. The van der Waals surface area contributed by atoms with E-state index in [0.29, 0.717) is 22.6 Å². The first-order valence-electron chi connectivity index (χ1n) is 6.97. The van der Waals surface area contributed by atoms with Crippen LogP contribution >= 0.6 is 0 Å². The molecule has 2 aromatic carbocycles. The first-order valence-corrected chi connectivity index (χ1v) is 8.79. The Hall–Kier alpha value is -2.80. The lowest BCUT2D eigenvalue weighted by Crippen LogP contribution is -2.05. The Morgan fingerprint density at radius 3 is 2.33 bits per heavy atom. The number of hydrogen-bond donors (Lipinski definition) is 0. The molecule has 6 nitrogen and oxygen atoms in total. The zero-order chi connectivity index (χ0) is 17.3. The zero-order valence-electron chi connectivity index (χ0n) is 13.0. The Balaban J connectivity index is 1.84. The second-order valence-electron chi connectivity index (χ2n) is 5.16. The van der Waals surface area contributed by atoms with E-state index in [1.54, 1.807) is 36.4 Å². The van der Waals surface area contributed by atoms with Gasteiger partial charge in [-0.25, -0.2) is 0 Å². The molecule has 3 rings (SSSR count). The van der Waals surface area contributed by atoms with Crippen molar-refractivity contribution in [2.45, 2.75) is 0 Å². The van der Waals surface area contributed by atoms with E-state index in [0.717, 1.165) is 6.26 Å². The molecule has 0 bridgehead atoms. The molecule has 0 amide bonds. The smallest absolute Gasteiger partial charge is 0.306 e. The van der Waals surface area contributed by atoms with Crippen molar-refractivity contribution in [1.82, 2.24) is 0 Å². The monoisotopic (exact) mass is 346 g/mol. The highest BCUT2D eigenvalue weighted by Crippen LogP contribution is 2.34. The van der Waals surface area contributed by atoms with Gasteiger partial charge in [0.05, 0.1) is 18.9 Å². The number of rotatable bonds is 4. The van der Waals surface area contributed by atoms with Crippen LogP contribution in [0.1, 0.15) is 15.9 Å². The van der Waals surface area contributed by atoms with Crippen LogP contribution in [0.4, 0.5) is 0 Å². The van der Waals surface area contributed by atoms with E-state index >= 15 is 0 Å². The number of hydrogen-bond acceptors (Lipinski definition) is 6. The maximum atomic E-state index is 12.3. The van der Waals surface area contributed by atoms with Gasteiger partial charge in [0.25, 0.3) is 0 Å². The highest BCUT2D eigenvalue weighted by molar-refractivity contribution is 7.86. The maximum absolute atomic E-state index is 12.3. The maximum Gasteiger partial charge on any atom is 0.306 e. The number of benzene rings is 2. The molecular formula is C17H14O6S. The van der Waals surface area contributed by atoms with Crippen LogP contribution in [0, 0.1) is 0 Å². The fourth-order valence-corrected chi connectivity index (χ4v) is 2.70. The summed E-state index contributed by atoms with van der Waals surface area (Å²) in [4.78, 5) is 12.3. The van der Waals surface area contributed by atoms with Crippen LogP contribution in [0.3, 0.4) is 0 Å². The number of carbonyl (C=O) groups excluding carboxylic acids is 1. The summed E-state index contributed by atoms with van der Waals surface area (Å²) >= 11 is 0. The van der Waals surface area contributed by atoms with Gasteiger partial charge in [0, 0.05) is 6.07 Å². The van der Waals surface area contributed by atoms with E-state index in [9.17, 15) is 13.2 Å². The number of ketones is 1. The molecule has 24 heavy (non-hydrogen) atoms. The second-order valence-corrected chi connectivity index (χ2v) is 6.73. The van der Waals surface area contributed by atoms with Crippen molar-refractivity contribution in [3.05, 3.63) is 59.4 Å². The molecule has 0 radical (unpaired) electrons. The summed E-state index contributed by atoms with van der Waals surface area (Å²) < 4.78 is 37.6. The van der Waals surface area contributed by atoms with Crippen LogP contribution in [0.2, 0.25) is 0 Å². The molecule has 0 atom stereocenters. The Bertz CT molecular complexity index is 926. The molecule has 7 heteroatoms. The standard InChI is InChI=1S/C17H14O6S/c1-21-13-7-8-14-15(10-13)22-16(17(14)18)9-11-3-5-12(6-4-11)23-24(2,19)20/h3-10H,1-2H3. The number of fused-ring (bicyclic) bond motifs is 1. The number of Topliss-reactive ketones (excluding diaryl/α,β-unsaturated/α-hetero) is 1. The summed E-state index contributed by atoms with van der Waals surface area (Å²) in [6.07, 6.45) is 2.55. The van der Waals surface area contributed by atoms with Crippen LogP contribution in [0.5, 0.6) is 17.2 Å². The lowest BCUT2D eigenvalue weighted by atomic mass is 10.1. The van der Waals surface area contributed by atoms with Crippen LogP contribution in [-0.4, -0.2) is 27.6 Å². The molecule has 0 aliphatic carbocycles. The van der Waals surface area contributed by atoms with E-state index < -0.39 is 10.1 Å². The fraction of sp³-hybridized carbons (Fsp3) is 0.118. The highest BCUT2D eigenvalue weighted by atomic mass is 32.2. The number of carbonyl (C=O) groups is 1. The largest absolute Gasteiger partial charge is 0.497 e. The molecule has 0 aromatic heterocycles. The molecule has 0 unspecified atom stereocenters. The Morgan fingerprint density at radius 2 is 1.71 bits per heavy atom. The third kappa shape index (κ3) is 3.41. The van der Waals surface area contributed by atoms with E-state index in [4.69, 9.17) is 13.7 Å². The summed E-state index contributed by atoms with van der Waals surface area (Å²) in [5.74, 6) is 1.22. The summed E-state index contributed by atoms with van der Waals surface area (Å²) in [5, 5.41) is 0. The first kappa shape index (κ1) is 16.1. The molecule has 1 aliphatic rings. The predicted octanol–water partition coefficient (Wildman–Crippen LogP) is 2.65. The Morgan fingerprint density at radius 1 is 1.04 bits per heavy atom. The van der Waals surface area contributed by atoms with Crippen molar-refractivity contribution < 1.29 is 26.9 Å². The van der Waals surface area contributed by atoms with Gasteiger partial charge in [-0.2, -0.15) is 8.42 Å². The van der Waals surface area contributed by atoms with Crippen molar-refractivity contribution in [3.8, 4) is 17.2 Å². The molecule has 1 heterocycles. The third-order valence-electron chi connectivity index (χ3n) is 3.30. The van der Waals surface area contributed by atoms with Crippen LogP contribution < -0.4 is 13.7 Å². The van der Waals surface area contributed by atoms with Crippen molar-refractivity contribution in [3.63, 3.8) is 0 Å². The van der Waals surface area contributed by atoms with E-state index in [2.05, 4.69) is 0 Å². The summed E-state index contributed by atoms with van der Waals surface area (Å²) in [5.41, 5.74) is 1.15. The van der Waals surface area contributed by atoms with Gasteiger partial charge in [-0.1, -0.05) is 12.1 Å². The zero-order valence-corrected chi connectivity index (χ0v) is 13.8. The van der Waals surface area contributed by atoms with Gasteiger partial charge in [-0.3, -0.25) is 4.79 Å². The minimum atomic E-state index is -3.57. The number of allylic oxidation sites excluding steroid dienone is 1. The lowest BCUT2D eigenvalue weighted by Gasteiger charge is -2.03. The second kappa shape index (κ2) is 6.01. The van der Waals surface area contributed by atoms with Gasteiger partial charge in [0.1, 0.15) is 17.2 Å². The van der Waals surface area contributed by atoms with Gasteiger partial charge in [0.15, 0.2) is 5.76 Å². The van der Waals surface area contributed by atoms with Gasteiger partial charge in [-0.15, -0.1) is 0 Å². The van der Waals surface area contributed by atoms with Crippen molar-refractivity contribution >= 4 is 22.0 Å². The molecule has 0 saturated heterocycles. The fourth-order valence-electron chi connectivity index (χ4n) is 2.24. The molecule has 1 aliphatic heterocycles. The molecule has 0 saturated carbocycles. The van der Waals surface area contributed by atoms with E-state index in [1.807, 2.05) is 0 Å². The van der Waals surface area contributed by atoms with Crippen molar-refractivity contribution in [2.24, 2.45) is 0 Å². The molecule has 0 N–H and O–H groups in total. The summed E-state index contributed by atoms with van der Waals surface area (Å²) in [6, 6.07) is 11.3. The predicted molar refractivity (Wildman–Crippen MR) is 87.8 cm³/mol. The normalized spacial score (nSPS) is 15.1. The van der Waals surface area contributed by atoms with Crippen LogP contribution in [0.25, 0.3) is 6.08 Å². The number of ether oxygens (including phenoxy) is 2. The Labute approximate surface area is 139 Å². The minimum Gasteiger partial charge on any atom is -0.497 e. The number of methoxy groups -OCH3 is 1. The molecule has 0 spiro atoms. The molecular weight excluding hydrogens is 332 g/mol. The average molecular weight is 346 g/mol. The lowest BCUT2D eigenvalue weighted by molar-refractivity contribution is 0.101. The molecule has 2 aromatic rings. The average Bonchev–Trinajstić information content (AvgIpc) is 2.83. The van der Waals surface area contributed by atoms with Gasteiger partial charge in [0.2, 0.25) is 5.78 Å². The minimum absolute atomic E-state index is 0.190. The topological polar surface area (TPSA) is 78.9 Å². The van der Waals surface area contributed by atoms with Crippen molar-refractivity contribution in [2.75, 3.05) is 13.4 Å². The van der Waals surface area contributed by atoms with E-state index in [1.165, 1.54) is 19.2 Å². The third-order valence-corrected chi connectivity index (χ3v) is 3.80. The van der Waals surface area contributed by atoms with Crippen LogP contribution in [0.15, 0.2) is 48.2 Å². The van der Waals surface area contributed by atoms with Crippen molar-refractivity contribution in [1.29, 1.82) is 0 Å². The molecule has 124 valence electrons. The summed E-state index contributed by atoms with van der Waals surface area (Å²) in [6.45, 7) is 0. The SMILES string of the molecule is COc1ccc2c(c1)OC(=Cc1ccc(OS(C)(=O)=O)cc1)C2=O. The van der Waals surface area contributed by atoms with Gasteiger partial charge in [-0.05, 0) is 35.9 Å². The molecule has 0 fully saturated rings. The first-order chi connectivity index (χ1) is 11.4. The van der Waals surface area contributed by atoms with Gasteiger partial charge >= 0.3 is 10.1 Å². The van der Waals surface area contributed by atoms with E-state index in [-0.39, 0.29) is 17.3 Å². The van der Waals surface area contributed by atoms with Gasteiger partial charge < -0.3 is 13.7 Å². The van der Waals surface area contributed by atoms with Crippen LogP contribution in [-0.2, 0) is 10.1 Å². The quantitative estimate of drug-likeness (QED) is 0.625. The highest BCUT2D eigenvalue weighted by Gasteiger charge is 2.27.